The molecule has 2 rings (SSSR count). The molecule has 0 saturated carbocycles. The van der Waals surface area contributed by atoms with Crippen molar-refractivity contribution in [1.29, 1.82) is 0 Å². The van der Waals surface area contributed by atoms with Gasteiger partial charge in [0, 0.05) is 12.0 Å². The second-order valence-electron chi connectivity index (χ2n) is 4.11. The molecule has 0 amide bonds. The molecule has 19 heavy (non-hydrogen) atoms. The molecule has 1 N–H and O–H groups in total. The highest BCUT2D eigenvalue weighted by molar-refractivity contribution is 9.10. The van der Waals surface area contributed by atoms with Crippen LogP contribution in [0.15, 0.2) is 40.9 Å². The Balaban J connectivity index is 2.23. The molecule has 100 valence electrons. The zero-order chi connectivity index (χ0) is 14.0. The van der Waals surface area contributed by atoms with Gasteiger partial charge in [0.25, 0.3) is 0 Å². The number of aliphatic hydroxyl groups excluding tert-OH is 1. The quantitative estimate of drug-likeness (QED) is 0.797. The molecule has 1 atom stereocenters. The van der Waals surface area contributed by atoms with Crippen LogP contribution >= 0.6 is 39.1 Å². The number of benzene rings is 2. The van der Waals surface area contributed by atoms with Crippen molar-refractivity contribution in [3.05, 3.63) is 67.9 Å². The predicted molar refractivity (Wildman–Crippen MR) is 79.2 cm³/mol. The van der Waals surface area contributed by atoms with Gasteiger partial charge in [0.2, 0.25) is 0 Å². The third-order valence-corrected chi connectivity index (χ3v) is 4.19. The standard InChI is InChI=1S/C14H10BrCl2FO/c15-10-6-8(4-5-12(10)18)7-13(19)9-2-1-3-11(16)14(9)17/h1-6,13,19H,7H2. The maximum Gasteiger partial charge on any atom is 0.137 e. The van der Waals surface area contributed by atoms with E-state index in [4.69, 9.17) is 23.2 Å². The van der Waals surface area contributed by atoms with E-state index in [1.165, 1.54) is 6.07 Å². The second kappa shape index (κ2) is 6.23. The molecule has 1 nitrogen and oxygen atoms in total. The molecule has 0 spiro atoms. The van der Waals surface area contributed by atoms with Crippen LogP contribution in [0.5, 0.6) is 0 Å². The number of aliphatic hydroxyl groups is 1. The summed E-state index contributed by atoms with van der Waals surface area (Å²) in [6.45, 7) is 0. The maximum atomic E-state index is 13.1. The van der Waals surface area contributed by atoms with Crippen LogP contribution in [0.3, 0.4) is 0 Å². The van der Waals surface area contributed by atoms with Crippen LogP contribution in [0.4, 0.5) is 4.39 Å². The highest BCUT2D eigenvalue weighted by atomic mass is 79.9. The van der Waals surface area contributed by atoms with E-state index in [1.54, 1.807) is 30.3 Å². The summed E-state index contributed by atoms with van der Waals surface area (Å²) in [6, 6.07) is 9.73. The molecule has 2 aromatic rings. The van der Waals surface area contributed by atoms with Crippen molar-refractivity contribution >= 4 is 39.1 Å². The highest BCUT2D eigenvalue weighted by Crippen LogP contribution is 2.31. The first-order chi connectivity index (χ1) is 8.99. The minimum absolute atomic E-state index is 0.332. The van der Waals surface area contributed by atoms with E-state index in [0.29, 0.717) is 26.5 Å². The molecule has 0 radical (unpaired) electrons. The second-order valence-corrected chi connectivity index (χ2v) is 5.75. The molecule has 0 bridgehead atoms. The third-order valence-electron chi connectivity index (χ3n) is 2.75. The first kappa shape index (κ1) is 14.8. The average molecular weight is 364 g/mol. The van der Waals surface area contributed by atoms with Crippen molar-refractivity contribution in [2.45, 2.75) is 12.5 Å². The Kier molecular flexibility index (Phi) is 4.85. The van der Waals surface area contributed by atoms with Gasteiger partial charge in [-0.25, -0.2) is 4.39 Å². The molecule has 0 saturated heterocycles. The van der Waals surface area contributed by atoms with Crippen LogP contribution < -0.4 is 0 Å². The fourth-order valence-corrected chi connectivity index (χ4v) is 2.64. The Hall–Kier alpha value is -0.610. The first-order valence-electron chi connectivity index (χ1n) is 5.55. The van der Waals surface area contributed by atoms with Gasteiger partial charge in [-0.05, 0) is 39.7 Å². The summed E-state index contributed by atoms with van der Waals surface area (Å²) in [4.78, 5) is 0. The van der Waals surface area contributed by atoms with Gasteiger partial charge >= 0.3 is 0 Å². The Morgan fingerprint density at radius 3 is 2.63 bits per heavy atom. The molecule has 0 aromatic heterocycles. The van der Waals surface area contributed by atoms with Gasteiger partial charge in [-0.1, -0.05) is 41.4 Å². The largest absolute Gasteiger partial charge is 0.388 e. The molecule has 0 heterocycles. The lowest BCUT2D eigenvalue weighted by Gasteiger charge is -2.14. The fourth-order valence-electron chi connectivity index (χ4n) is 1.78. The summed E-state index contributed by atoms with van der Waals surface area (Å²) in [6.07, 6.45) is -0.456. The smallest absolute Gasteiger partial charge is 0.137 e. The van der Waals surface area contributed by atoms with E-state index in [2.05, 4.69) is 15.9 Å². The van der Waals surface area contributed by atoms with Crippen molar-refractivity contribution in [3.8, 4) is 0 Å². The summed E-state index contributed by atoms with van der Waals surface area (Å²) < 4.78 is 13.5. The highest BCUT2D eigenvalue weighted by Gasteiger charge is 2.14. The SMILES string of the molecule is OC(Cc1ccc(F)c(Br)c1)c1cccc(Cl)c1Cl. The molecule has 0 aliphatic rings. The normalized spacial score (nSPS) is 12.5. The van der Waals surface area contributed by atoms with E-state index in [1.807, 2.05) is 0 Å². The van der Waals surface area contributed by atoms with E-state index in [0.717, 1.165) is 5.56 Å². The van der Waals surface area contributed by atoms with Gasteiger partial charge in [-0.2, -0.15) is 0 Å². The van der Waals surface area contributed by atoms with E-state index in [9.17, 15) is 9.50 Å². The molecule has 0 aliphatic heterocycles. The number of hydrogen-bond acceptors (Lipinski definition) is 1. The molecule has 5 heteroatoms. The summed E-state index contributed by atoms with van der Waals surface area (Å²) >= 11 is 15.1. The van der Waals surface area contributed by atoms with Crippen LogP contribution in [0.2, 0.25) is 10.0 Å². The van der Waals surface area contributed by atoms with Crippen molar-refractivity contribution < 1.29 is 9.50 Å². The Morgan fingerprint density at radius 1 is 1.21 bits per heavy atom. The van der Waals surface area contributed by atoms with Crippen molar-refractivity contribution in [2.75, 3.05) is 0 Å². The molecular weight excluding hydrogens is 354 g/mol. The van der Waals surface area contributed by atoms with Gasteiger partial charge < -0.3 is 5.11 Å². The van der Waals surface area contributed by atoms with E-state index >= 15 is 0 Å². The zero-order valence-corrected chi connectivity index (χ0v) is 12.8. The molecule has 2 aromatic carbocycles. The fraction of sp³-hybridized carbons (Fsp3) is 0.143. The summed E-state index contributed by atoms with van der Waals surface area (Å²) in [5.74, 6) is -0.334. The van der Waals surface area contributed by atoms with Gasteiger partial charge in [0.1, 0.15) is 5.82 Å². The lowest BCUT2D eigenvalue weighted by molar-refractivity contribution is 0.178. The summed E-state index contributed by atoms with van der Waals surface area (Å²) in [7, 11) is 0. The molecule has 0 aliphatic carbocycles. The van der Waals surface area contributed by atoms with Crippen LogP contribution in [-0.2, 0) is 6.42 Å². The van der Waals surface area contributed by atoms with Gasteiger partial charge in [0.15, 0.2) is 0 Å². The van der Waals surface area contributed by atoms with Gasteiger partial charge in [-0.3, -0.25) is 0 Å². The van der Waals surface area contributed by atoms with Gasteiger partial charge in [0.05, 0.1) is 20.6 Å². The average Bonchev–Trinajstić information content (AvgIpc) is 2.37. The molecular formula is C14H10BrCl2FO. The summed E-state index contributed by atoms with van der Waals surface area (Å²) in [5.41, 5.74) is 1.37. The lowest BCUT2D eigenvalue weighted by Crippen LogP contribution is -2.03. The van der Waals surface area contributed by atoms with Crippen LogP contribution in [0, 0.1) is 5.82 Å². The third kappa shape index (κ3) is 3.48. The number of hydrogen-bond donors (Lipinski definition) is 1. The predicted octanol–water partition coefficient (Wildman–Crippen LogP) is 5.17. The molecule has 0 fully saturated rings. The Bertz CT molecular complexity index is 604. The van der Waals surface area contributed by atoms with Gasteiger partial charge in [-0.15, -0.1) is 0 Å². The first-order valence-corrected chi connectivity index (χ1v) is 7.10. The van der Waals surface area contributed by atoms with Crippen LogP contribution in [-0.4, -0.2) is 5.11 Å². The van der Waals surface area contributed by atoms with Crippen LogP contribution in [0.1, 0.15) is 17.2 Å². The van der Waals surface area contributed by atoms with E-state index in [-0.39, 0.29) is 5.82 Å². The summed E-state index contributed by atoms with van der Waals surface area (Å²) in [5, 5.41) is 10.9. The maximum absolute atomic E-state index is 13.1. The zero-order valence-electron chi connectivity index (χ0n) is 9.71. The van der Waals surface area contributed by atoms with Crippen molar-refractivity contribution in [1.82, 2.24) is 0 Å². The Labute approximate surface area is 129 Å². The van der Waals surface area contributed by atoms with Crippen molar-refractivity contribution in [3.63, 3.8) is 0 Å². The molecule has 1 unspecified atom stereocenters. The number of rotatable bonds is 3. The lowest BCUT2D eigenvalue weighted by atomic mass is 10.0. The number of halogens is 4. The van der Waals surface area contributed by atoms with Crippen molar-refractivity contribution in [2.24, 2.45) is 0 Å². The monoisotopic (exact) mass is 362 g/mol. The minimum Gasteiger partial charge on any atom is -0.388 e. The van der Waals surface area contributed by atoms with E-state index < -0.39 is 6.10 Å². The minimum atomic E-state index is -0.788. The topological polar surface area (TPSA) is 20.2 Å². The van der Waals surface area contributed by atoms with Crippen LogP contribution in [0.25, 0.3) is 0 Å². The Morgan fingerprint density at radius 2 is 1.95 bits per heavy atom.